The molecule has 4 nitrogen and oxygen atoms in total. The van der Waals surface area contributed by atoms with Crippen molar-refractivity contribution in [3.05, 3.63) is 82.9 Å². The van der Waals surface area contributed by atoms with Crippen molar-refractivity contribution in [3.8, 4) is 5.69 Å². The van der Waals surface area contributed by atoms with Crippen molar-refractivity contribution in [2.45, 2.75) is 52.6 Å². The maximum absolute atomic E-state index is 5.81. The van der Waals surface area contributed by atoms with Gasteiger partial charge in [-0.3, -0.25) is 4.98 Å². The summed E-state index contributed by atoms with van der Waals surface area (Å²) in [6.45, 7) is 9.87. The minimum atomic E-state index is 0.0407. The van der Waals surface area contributed by atoms with E-state index in [1.54, 1.807) is 0 Å². The number of unbranched alkanes of at least 4 members (excludes halogenated alkanes) is 1. The van der Waals surface area contributed by atoms with E-state index in [4.69, 9.17) is 12.2 Å². The van der Waals surface area contributed by atoms with Crippen molar-refractivity contribution >= 4 is 17.3 Å². The largest absolute Gasteiger partial charge is 0.352 e. The zero-order valence-electron chi connectivity index (χ0n) is 18.2. The normalized spacial score (nSPS) is 18.7. The molecule has 0 spiro atoms. The molecule has 3 aromatic rings. The molecule has 1 aromatic carbocycles. The van der Waals surface area contributed by atoms with Crippen LogP contribution in [0.2, 0.25) is 0 Å². The van der Waals surface area contributed by atoms with E-state index in [1.165, 1.54) is 28.2 Å². The van der Waals surface area contributed by atoms with E-state index in [-0.39, 0.29) is 12.1 Å². The predicted molar refractivity (Wildman–Crippen MR) is 127 cm³/mol. The zero-order chi connectivity index (χ0) is 21.3. The fraction of sp³-hybridized carbons (Fsp3) is 0.360. The molecule has 1 aliphatic rings. The first-order valence-corrected chi connectivity index (χ1v) is 11.2. The maximum atomic E-state index is 5.81. The summed E-state index contributed by atoms with van der Waals surface area (Å²) in [7, 11) is 0. The Kier molecular flexibility index (Phi) is 5.91. The molecule has 2 unspecified atom stereocenters. The highest BCUT2D eigenvalue weighted by Crippen LogP contribution is 2.43. The number of benzene rings is 1. The van der Waals surface area contributed by atoms with Crippen molar-refractivity contribution in [2.75, 3.05) is 6.54 Å². The molecule has 5 heteroatoms. The van der Waals surface area contributed by atoms with Gasteiger partial charge in [-0.25, -0.2) is 0 Å². The van der Waals surface area contributed by atoms with Crippen molar-refractivity contribution in [3.63, 3.8) is 0 Å². The second-order valence-electron chi connectivity index (χ2n) is 8.05. The summed E-state index contributed by atoms with van der Waals surface area (Å²) in [4.78, 5) is 7.05. The summed E-state index contributed by atoms with van der Waals surface area (Å²) in [6, 6.07) is 16.9. The van der Waals surface area contributed by atoms with Crippen LogP contribution in [0, 0.1) is 20.8 Å². The van der Waals surface area contributed by atoms with Crippen LogP contribution >= 0.6 is 12.2 Å². The van der Waals surface area contributed by atoms with Gasteiger partial charge in [0.2, 0.25) is 0 Å². The number of pyridine rings is 1. The lowest BCUT2D eigenvalue weighted by Gasteiger charge is -2.29. The van der Waals surface area contributed by atoms with Crippen molar-refractivity contribution in [1.29, 1.82) is 0 Å². The van der Waals surface area contributed by atoms with Crippen molar-refractivity contribution < 1.29 is 0 Å². The highest BCUT2D eigenvalue weighted by Gasteiger charge is 2.42. The fourth-order valence-corrected chi connectivity index (χ4v) is 5.03. The predicted octanol–water partition coefficient (Wildman–Crippen LogP) is 5.57. The van der Waals surface area contributed by atoms with Crippen LogP contribution in [0.5, 0.6) is 0 Å². The quantitative estimate of drug-likeness (QED) is 0.531. The van der Waals surface area contributed by atoms with Gasteiger partial charge in [0.15, 0.2) is 5.11 Å². The number of aromatic nitrogens is 2. The van der Waals surface area contributed by atoms with Gasteiger partial charge in [0.1, 0.15) is 0 Å². The Balaban J connectivity index is 1.87. The molecule has 1 fully saturated rings. The standard InChI is InChI=1S/C25H30N4S/c1-5-6-16-28-24(23(27-25(28)30)21-14-10-11-15-26-21)22-17(2)18(3)29(19(22)4)20-12-8-7-9-13-20/h7-15,23-24H,5-6,16H2,1-4H3,(H,27,30). The van der Waals surface area contributed by atoms with Crippen LogP contribution in [0.15, 0.2) is 54.7 Å². The number of rotatable bonds is 6. The summed E-state index contributed by atoms with van der Waals surface area (Å²) < 4.78 is 2.37. The smallest absolute Gasteiger partial charge is 0.170 e. The third-order valence-electron chi connectivity index (χ3n) is 6.27. The lowest BCUT2D eigenvalue weighted by molar-refractivity contribution is 0.311. The Morgan fingerprint density at radius 2 is 1.73 bits per heavy atom. The number of para-hydroxylation sites is 1. The molecule has 2 atom stereocenters. The molecule has 1 N–H and O–H groups in total. The zero-order valence-corrected chi connectivity index (χ0v) is 19.0. The first-order valence-electron chi connectivity index (χ1n) is 10.8. The fourth-order valence-electron chi connectivity index (χ4n) is 4.69. The highest BCUT2D eigenvalue weighted by atomic mass is 32.1. The molecule has 0 bridgehead atoms. The molecule has 0 aliphatic carbocycles. The first kappa shape index (κ1) is 20.6. The second kappa shape index (κ2) is 8.60. The molecule has 156 valence electrons. The number of hydrogen-bond acceptors (Lipinski definition) is 2. The van der Waals surface area contributed by atoms with Gasteiger partial charge in [0.25, 0.3) is 0 Å². The lowest BCUT2D eigenvalue weighted by atomic mass is 9.93. The minimum absolute atomic E-state index is 0.0407. The summed E-state index contributed by atoms with van der Waals surface area (Å²) in [5.74, 6) is 0. The topological polar surface area (TPSA) is 33.1 Å². The third-order valence-corrected chi connectivity index (χ3v) is 6.62. The first-order chi connectivity index (χ1) is 14.5. The summed E-state index contributed by atoms with van der Waals surface area (Å²) in [6.07, 6.45) is 4.12. The Morgan fingerprint density at radius 3 is 2.40 bits per heavy atom. The van der Waals surface area contributed by atoms with Crippen molar-refractivity contribution in [2.24, 2.45) is 0 Å². The Morgan fingerprint density at radius 1 is 1.00 bits per heavy atom. The Labute approximate surface area is 184 Å². The van der Waals surface area contributed by atoms with Crippen LogP contribution in [-0.4, -0.2) is 26.1 Å². The van der Waals surface area contributed by atoms with Gasteiger partial charge in [-0.1, -0.05) is 37.6 Å². The highest BCUT2D eigenvalue weighted by molar-refractivity contribution is 7.80. The van der Waals surface area contributed by atoms with Gasteiger partial charge in [0.05, 0.1) is 17.8 Å². The Bertz CT molecular complexity index is 1030. The molecule has 0 saturated carbocycles. The molecule has 1 saturated heterocycles. The average Bonchev–Trinajstić information content (AvgIpc) is 3.20. The van der Waals surface area contributed by atoms with E-state index >= 15 is 0 Å². The molecular weight excluding hydrogens is 388 g/mol. The van der Waals surface area contributed by atoms with Crippen LogP contribution in [0.4, 0.5) is 0 Å². The van der Waals surface area contributed by atoms with Gasteiger partial charge in [0, 0.05) is 35.4 Å². The SMILES string of the molecule is CCCCN1C(=S)NC(c2ccccn2)C1c1c(C)c(C)n(-c2ccccc2)c1C. The lowest BCUT2D eigenvalue weighted by Crippen LogP contribution is -2.31. The van der Waals surface area contributed by atoms with E-state index in [0.29, 0.717) is 0 Å². The van der Waals surface area contributed by atoms with Gasteiger partial charge in [-0.05, 0) is 69.2 Å². The second-order valence-corrected chi connectivity index (χ2v) is 8.44. The van der Waals surface area contributed by atoms with Crippen LogP contribution in [0.25, 0.3) is 5.69 Å². The number of thiocarbonyl (C=S) groups is 1. The molecule has 0 amide bonds. The minimum Gasteiger partial charge on any atom is -0.352 e. The maximum Gasteiger partial charge on any atom is 0.170 e. The summed E-state index contributed by atoms with van der Waals surface area (Å²) in [5, 5.41) is 4.41. The molecule has 4 rings (SSSR count). The monoisotopic (exact) mass is 418 g/mol. The Hall–Kier alpha value is -2.66. The number of hydrogen-bond donors (Lipinski definition) is 1. The summed E-state index contributed by atoms with van der Waals surface area (Å²) >= 11 is 5.81. The van der Waals surface area contributed by atoms with E-state index in [0.717, 1.165) is 30.2 Å². The molecule has 30 heavy (non-hydrogen) atoms. The molecule has 0 radical (unpaired) electrons. The van der Waals surface area contributed by atoms with Gasteiger partial charge in [-0.15, -0.1) is 0 Å². The van der Waals surface area contributed by atoms with Crippen LogP contribution in [-0.2, 0) is 0 Å². The number of nitrogens with one attached hydrogen (secondary N) is 1. The van der Waals surface area contributed by atoms with E-state index in [9.17, 15) is 0 Å². The van der Waals surface area contributed by atoms with Crippen LogP contribution in [0.3, 0.4) is 0 Å². The van der Waals surface area contributed by atoms with Crippen molar-refractivity contribution in [1.82, 2.24) is 19.8 Å². The van der Waals surface area contributed by atoms with Crippen LogP contribution < -0.4 is 5.32 Å². The third kappa shape index (κ3) is 3.52. The molecular formula is C25H30N4S. The number of nitrogens with zero attached hydrogens (tertiary/aromatic N) is 3. The van der Waals surface area contributed by atoms with E-state index < -0.39 is 0 Å². The van der Waals surface area contributed by atoms with Crippen LogP contribution in [0.1, 0.15) is 60.1 Å². The van der Waals surface area contributed by atoms with E-state index in [2.05, 4.69) is 89.9 Å². The van der Waals surface area contributed by atoms with Gasteiger partial charge < -0.3 is 14.8 Å². The molecule has 1 aliphatic heterocycles. The molecule has 3 heterocycles. The molecule has 2 aromatic heterocycles. The summed E-state index contributed by atoms with van der Waals surface area (Å²) in [5.41, 5.74) is 7.47. The van der Waals surface area contributed by atoms with E-state index in [1.807, 2.05) is 12.3 Å². The van der Waals surface area contributed by atoms with Gasteiger partial charge in [-0.2, -0.15) is 0 Å². The van der Waals surface area contributed by atoms with Gasteiger partial charge >= 0.3 is 0 Å². The average molecular weight is 419 g/mol.